The molecule has 6 heteroatoms. The largest absolute Gasteiger partial charge is 0.493 e. The second-order valence-electron chi connectivity index (χ2n) is 3.08. The first-order chi connectivity index (χ1) is 7.61. The maximum atomic E-state index is 13.6. The summed E-state index contributed by atoms with van der Waals surface area (Å²) in [4.78, 5) is 0. The van der Waals surface area contributed by atoms with E-state index in [4.69, 9.17) is 15.0 Å². The Kier molecular flexibility index (Phi) is 2.82. The molecule has 16 heavy (non-hydrogen) atoms. The molecule has 0 saturated heterocycles. The summed E-state index contributed by atoms with van der Waals surface area (Å²) in [5, 5.41) is 3.54. The first kappa shape index (κ1) is 10.9. The quantitative estimate of drug-likeness (QED) is 0.922. The van der Waals surface area contributed by atoms with Gasteiger partial charge in [0.15, 0.2) is 23.1 Å². The maximum Gasteiger partial charge on any atom is 0.172 e. The first-order valence-electron chi connectivity index (χ1n) is 4.37. The molecular weight excluding hydrogens is 279 g/mol. The van der Waals surface area contributed by atoms with Gasteiger partial charge in [-0.3, -0.25) is 0 Å². The minimum atomic E-state index is -0.484. The van der Waals surface area contributed by atoms with E-state index in [9.17, 15) is 4.39 Å². The minimum absolute atomic E-state index is 0.0966. The Morgan fingerprint density at radius 2 is 2.19 bits per heavy atom. The Morgan fingerprint density at radius 1 is 1.44 bits per heavy atom. The van der Waals surface area contributed by atoms with Crippen LogP contribution in [0.3, 0.4) is 0 Å². The van der Waals surface area contributed by atoms with Gasteiger partial charge in [0.2, 0.25) is 0 Å². The lowest BCUT2D eigenvalue weighted by Crippen LogP contribution is -1.91. The van der Waals surface area contributed by atoms with Crippen molar-refractivity contribution < 1.29 is 13.7 Å². The molecule has 1 heterocycles. The SMILES string of the molecule is COc1c(F)cc(Br)cc1-c1cc(N)no1. The van der Waals surface area contributed by atoms with Crippen LogP contribution < -0.4 is 10.5 Å². The van der Waals surface area contributed by atoms with Crippen molar-refractivity contribution in [1.29, 1.82) is 0 Å². The van der Waals surface area contributed by atoms with Crippen molar-refractivity contribution in [2.75, 3.05) is 12.8 Å². The molecule has 0 fully saturated rings. The fourth-order valence-corrected chi connectivity index (χ4v) is 1.80. The number of halogens is 2. The van der Waals surface area contributed by atoms with Crippen LogP contribution in [0, 0.1) is 5.82 Å². The number of nitrogen functional groups attached to an aromatic ring is 1. The lowest BCUT2D eigenvalue weighted by atomic mass is 10.1. The molecule has 2 aromatic rings. The van der Waals surface area contributed by atoms with E-state index in [1.165, 1.54) is 19.2 Å². The standard InChI is InChI=1S/C10H8BrFN2O2/c1-15-10-6(2-5(11)3-7(10)12)8-4-9(13)14-16-8/h2-4H,1H3,(H2,13,14). The number of nitrogens with zero attached hydrogens (tertiary/aromatic N) is 1. The van der Waals surface area contributed by atoms with Gasteiger partial charge in [-0.05, 0) is 12.1 Å². The zero-order valence-corrected chi connectivity index (χ0v) is 9.92. The van der Waals surface area contributed by atoms with E-state index < -0.39 is 5.82 Å². The number of anilines is 1. The minimum Gasteiger partial charge on any atom is -0.493 e. The molecule has 1 aromatic heterocycles. The molecule has 0 atom stereocenters. The number of rotatable bonds is 2. The van der Waals surface area contributed by atoms with Crippen LogP contribution in [-0.4, -0.2) is 12.3 Å². The molecule has 4 nitrogen and oxygen atoms in total. The molecule has 2 N–H and O–H groups in total. The summed E-state index contributed by atoms with van der Waals surface area (Å²) in [5.74, 6) is 0.202. The van der Waals surface area contributed by atoms with Gasteiger partial charge in [-0.15, -0.1) is 0 Å². The number of hydrogen-bond acceptors (Lipinski definition) is 4. The van der Waals surface area contributed by atoms with Gasteiger partial charge in [-0.25, -0.2) is 4.39 Å². The lowest BCUT2D eigenvalue weighted by Gasteiger charge is -2.07. The van der Waals surface area contributed by atoms with Crippen LogP contribution in [0.4, 0.5) is 10.2 Å². The predicted molar refractivity (Wildman–Crippen MR) is 60.6 cm³/mol. The van der Waals surface area contributed by atoms with Crippen molar-refractivity contribution in [3.05, 3.63) is 28.5 Å². The molecule has 1 aromatic carbocycles. The number of hydrogen-bond donors (Lipinski definition) is 1. The van der Waals surface area contributed by atoms with E-state index in [-0.39, 0.29) is 11.6 Å². The van der Waals surface area contributed by atoms with Crippen molar-refractivity contribution in [2.24, 2.45) is 0 Å². The zero-order valence-electron chi connectivity index (χ0n) is 8.33. The Bertz CT molecular complexity index is 528. The monoisotopic (exact) mass is 286 g/mol. The molecule has 84 valence electrons. The average Bonchev–Trinajstić information content (AvgIpc) is 2.63. The zero-order chi connectivity index (χ0) is 11.7. The van der Waals surface area contributed by atoms with E-state index in [1.54, 1.807) is 6.07 Å². The van der Waals surface area contributed by atoms with Gasteiger partial charge >= 0.3 is 0 Å². The molecule has 0 aliphatic rings. The summed E-state index contributed by atoms with van der Waals surface area (Å²) in [7, 11) is 1.38. The van der Waals surface area contributed by atoms with E-state index >= 15 is 0 Å². The van der Waals surface area contributed by atoms with Crippen molar-refractivity contribution in [2.45, 2.75) is 0 Å². The fraction of sp³-hybridized carbons (Fsp3) is 0.100. The van der Waals surface area contributed by atoms with E-state index in [0.717, 1.165) is 0 Å². The lowest BCUT2D eigenvalue weighted by molar-refractivity contribution is 0.382. The van der Waals surface area contributed by atoms with Gasteiger partial charge in [-0.2, -0.15) is 0 Å². The average molecular weight is 287 g/mol. The van der Waals surface area contributed by atoms with Gasteiger partial charge in [0.25, 0.3) is 0 Å². The highest BCUT2D eigenvalue weighted by Gasteiger charge is 2.16. The molecule has 0 radical (unpaired) electrons. The highest BCUT2D eigenvalue weighted by atomic mass is 79.9. The molecule has 0 amide bonds. The smallest absolute Gasteiger partial charge is 0.172 e. The van der Waals surface area contributed by atoms with E-state index in [1.807, 2.05) is 0 Å². The number of nitrogens with two attached hydrogens (primary N) is 1. The summed E-state index contributed by atoms with van der Waals surface area (Å²) >= 11 is 3.19. The molecule has 0 saturated carbocycles. The summed E-state index contributed by atoms with van der Waals surface area (Å²) in [5.41, 5.74) is 5.89. The molecular formula is C10H8BrFN2O2. The van der Waals surface area contributed by atoms with Crippen molar-refractivity contribution in [1.82, 2.24) is 5.16 Å². The van der Waals surface area contributed by atoms with Crippen LogP contribution in [-0.2, 0) is 0 Å². The molecule has 0 aliphatic heterocycles. The topological polar surface area (TPSA) is 61.3 Å². The molecule has 0 unspecified atom stereocenters. The van der Waals surface area contributed by atoms with Crippen LogP contribution in [0.1, 0.15) is 0 Å². The summed E-state index contributed by atoms with van der Waals surface area (Å²) in [6.45, 7) is 0. The second-order valence-corrected chi connectivity index (χ2v) is 4.00. The fourth-order valence-electron chi connectivity index (χ4n) is 1.37. The normalized spacial score (nSPS) is 10.4. The van der Waals surface area contributed by atoms with Gasteiger partial charge in [0.1, 0.15) is 0 Å². The molecule has 0 bridgehead atoms. The number of methoxy groups -OCH3 is 1. The third-order valence-corrected chi connectivity index (χ3v) is 2.46. The summed E-state index contributed by atoms with van der Waals surface area (Å²) in [6, 6.07) is 4.48. The molecule has 0 aliphatic carbocycles. The number of aromatic nitrogens is 1. The van der Waals surface area contributed by atoms with Crippen molar-refractivity contribution in [3.63, 3.8) is 0 Å². The van der Waals surface area contributed by atoms with Gasteiger partial charge in [0, 0.05) is 10.5 Å². The third kappa shape index (κ3) is 1.88. The van der Waals surface area contributed by atoms with Crippen LogP contribution in [0.15, 0.2) is 27.2 Å². The van der Waals surface area contributed by atoms with E-state index in [2.05, 4.69) is 21.1 Å². The number of ether oxygens (including phenoxy) is 1. The van der Waals surface area contributed by atoms with Crippen LogP contribution >= 0.6 is 15.9 Å². The Morgan fingerprint density at radius 3 is 2.75 bits per heavy atom. The Hall–Kier alpha value is -1.56. The predicted octanol–water partition coefficient (Wildman–Crippen LogP) is 2.83. The van der Waals surface area contributed by atoms with Gasteiger partial charge in [0.05, 0.1) is 12.7 Å². The molecule has 0 spiro atoms. The van der Waals surface area contributed by atoms with Crippen LogP contribution in [0.25, 0.3) is 11.3 Å². The van der Waals surface area contributed by atoms with Gasteiger partial charge in [-0.1, -0.05) is 21.1 Å². The summed E-state index contributed by atoms with van der Waals surface area (Å²) in [6.07, 6.45) is 0. The van der Waals surface area contributed by atoms with Crippen molar-refractivity contribution >= 4 is 21.7 Å². The number of benzene rings is 1. The Balaban J connectivity index is 2.63. The molecule has 2 rings (SSSR count). The highest BCUT2D eigenvalue weighted by molar-refractivity contribution is 9.10. The first-order valence-corrected chi connectivity index (χ1v) is 5.16. The summed E-state index contributed by atoms with van der Waals surface area (Å²) < 4.78 is 24.1. The van der Waals surface area contributed by atoms with Crippen molar-refractivity contribution in [3.8, 4) is 17.1 Å². The van der Waals surface area contributed by atoms with Crippen LogP contribution in [0.2, 0.25) is 0 Å². The second kappa shape index (κ2) is 4.13. The van der Waals surface area contributed by atoms with E-state index in [0.29, 0.717) is 15.8 Å². The highest BCUT2D eigenvalue weighted by Crippen LogP contribution is 2.35. The van der Waals surface area contributed by atoms with Gasteiger partial charge < -0.3 is 15.0 Å². The maximum absolute atomic E-state index is 13.6. The Labute approximate surface area is 99.3 Å². The third-order valence-electron chi connectivity index (χ3n) is 2.01. The van der Waals surface area contributed by atoms with Crippen LogP contribution in [0.5, 0.6) is 5.75 Å².